The molecular weight excluding hydrogens is 310 g/mol. The average Bonchev–Trinajstić information content (AvgIpc) is 3.12. The fourth-order valence-corrected chi connectivity index (χ4v) is 2.02. The summed E-state index contributed by atoms with van der Waals surface area (Å²) in [6, 6.07) is 17.7. The lowest BCUT2D eigenvalue weighted by atomic mass is 10.1. The standard InChI is InChI=1S/C16H13NO2.C2H6OS/c1-18-14-9-5-8-13(10-14)15-16(19-11-17-15)12-6-3-2-4-7-12;3-1-2-4/h2-11H,1H3;3-4H,1-2H2. The maximum absolute atomic E-state index is 7.80. The van der Waals surface area contributed by atoms with Crippen LogP contribution in [0.2, 0.25) is 0 Å². The Morgan fingerprint density at radius 1 is 1.09 bits per heavy atom. The van der Waals surface area contributed by atoms with Gasteiger partial charge in [-0.25, -0.2) is 4.98 Å². The molecule has 0 unspecified atom stereocenters. The van der Waals surface area contributed by atoms with Crippen molar-refractivity contribution in [1.29, 1.82) is 0 Å². The number of hydrogen-bond donors (Lipinski definition) is 2. The minimum absolute atomic E-state index is 0.184. The average molecular weight is 329 g/mol. The number of thiol groups is 1. The molecule has 0 aliphatic rings. The number of aromatic nitrogens is 1. The fourth-order valence-electron chi connectivity index (χ4n) is 2.02. The van der Waals surface area contributed by atoms with Crippen LogP contribution in [-0.2, 0) is 0 Å². The van der Waals surface area contributed by atoms with Crippen LogP contribution in [0.5, 0.6) is 5.75 Å². The Hall–Kier alpha value is -2.24. The van der Waals surface area contributed by atoms with Crippen molar-refractivity contribution in [3.05, 3.63) is 61.0 Å². The highest BCUT2D eigenvalue weighted by atomic mass is 32.1. The van der Waals surface area contributed by atoms with E-state index in [1.54, 1.807) is 7.11 Å². The van der Waals surface area contributed by atoms with Crippen molar-refractivity contribution < 1.29 is 14.3 Å². The van der Waals surface area contributed by atoms with Crippen LogP contribution in [0.15, 0.2) is 65.4 Å². The van der Waals surface area contributed by atoms with Crippen LogP contribution >= 0.6 is 12.6 Å². The summed E-state index contributed by atoms with van der Waals surface area (Å²) >= 11 is 3.67. The van der Waals surface area contributed by atoms with Gasteiger partial charge in [-0.15, -0.1) is 0 Å². The molecule has 0 amide bonds. The molecule has 3 rings (SSSR count). The second-order valence-electron chi connectivity index (χ2n) is 4.58. The van der Waals surface area contributed by atoms with E-state index in [-0.39, 0.29) is 6.61 Å². The van der Waals surface area contributed by atoms with Crippen LogP contribution in [-0.4, -0.2) is 29.6 Å². The lowest BCUT2D eigenvalue weighted by Gasteiger charge is -2.04. The van der Waals surface area contributed by atoms with Crippen molar-refractivity contribution in [3.8, 4) is 28.3 Å². The van der Waals surface area contributed by atoms with Crippen LogP contribution in [0.3, 0.4) is 0 Å². The van der Waals surface area contributed by atoms with E-state index >= 15 is 0 Å². The number of oxazole rings is 1. The summed E-state index contributed by atoms with van der Waals surface area (Å²) in [5.41, 5.74) is 2.81. The van der Waals surface area contributed by atoms with Crippen LogP contribution < -0.4 is 4.74 Å². The van der Waals surface area contributed by atoms with E-state index in [9.17, 15) is 0 Å². The van der Waals surface area contributed by atoms with E-state index < -0.39 is 0 Å². The summed E-state index contributed by atoms with van der Waals surface area (Å²) in [5.74, 6) is 2.15. The van der Waals surface area contributed by atoms with Crippen LogP contribution in [0.1, 0.15) is 0 Å². The first-order valence-corrected chi connectivity index (χ1v) is 7.78. The Labute approximate surface area is 141 Å². The van der Waals surface area contributed by atoms with Gasteiger partial charge in [0.25, 0.3) is 0 Å². The van der Waals surface area contributed by atoms with Crippen molar-refractivity contribution in [3.63, 3.8) is 0 Å². The third kappa shape index (κ3) is 4.61. The van der Waals surface area contributed by atoms with Crippen molar-refractivity contribution in [2.45, 2.75) is 0 Å². The van der Waals surface area contributed by atoms with E-state index in [4.69, 9.17) is 14.3 Å². The number of benzene rings is 2. The summed E-state index contributed by atoms with van der Waals surface area (Å²) in [4.78, 5) is 4.32. The van der Waals surface area contributed by atoms with Gasteiger partial charge in [0.05, 0.1) is 13.7 Å². The topological polar surface area (TPSA) is 55.5 Å². The van der Waals surface area contributed by atoms with Gasteiger partial charge in [0, 0.05) is 16.9 Å². The Bertz CT molecular complexity index is 711. The maximum atomic E-state index is 7.80. The monoisotopic (exact) mass is 329 g/mol. The lowest BCUT2D eigenvalue weighted by Crippen LogP contribution is -1.85. The second-order valence-corrected chi connectivity index (χ2v) is 5.02. The molecule has 1 aromatic heterocycles. The Morgan fingerprint density at radius 3 is 2.43 bits per heavy atom. The van der Waals surface area contributed by atoms with Crippen molar-refractivity contribution >= 4 is 12.6 Å². The van der Waals surface area contributed by atoms with Gasteiger partial charge in [-0.1, -0.05) is 42.5 Å². The van der Waals surface area contributed by atoms with E-state index in [1.807, 2.05) is 54.6 Å². The van der Waals surface area contributed by atoms with Gasteiger partial charge >= 0.3 is 0 Å². The fraction of sp³-hybridized carbons (Fsp3) is 0.167. The molecular formula is C18H19NO3S. The predicted octanol–water partition coefficient (Wildman–Crippen LogP) is 3.93. The number of aliphatic hydroxyl groups excluding tert-OH is 1. The zero-order valence-electron chi connectivity index (χ0n) is 12.8. The molecule has 0 radical (unpaired) electrons. The van der Waals surface area contributed by atoms with E-state index in [0.717, 1.165) is 28.3 Å². The maximum Gasteiger partial charge on any atom is 0.182 e. The minimum Gasteiger partial charge on any atom is -0.497 e. The molecule has 1 N–H and O–H groups in total. The summed E-state index contributed by atoms with van der Waals surface area (Å²) < 4.78 is 10.8. The molecule has 0 aliphatic carbocycles. The summed E-state index contributed by atoms with van der Waals surface area (Å²) in [6.07, 6.45) is 1.47. The van der Waals surface area contributed by atoms with Crippen molar-refractivity contribution in [2.24, 2.45) is 0 Å². The van der Waals surface area contributed by atoms with Crippen LogP contribution in [0.4, 0.5) is 0 Å². The third-order valence-corrected chi connectivity index (χ3v) is 3.25. The Balaban J connectivity index is 0.000000433. The SMILES string of the molecule is COc1cccc(-c2ncoc2-c2ccccc2)c1.OCCS. The van der Waals surface area contributed by atoms with Gasteiger partial charge in [-0.3, -0.25) is 0 Å². The molecule has 0 atom stereocenters. The molecule has 0 saturated carbocycles. The summed E-state index contributed by atoms with van der Waals surface area (Å²) in [7, 11) is 1.65. The van der Waals surface area contributed by atoms with Gasteiger partial charge in [-0.05, 0) is 12.1 Å². The van der Waals surface area contributed by atoms with E-state index in [0.29, 0.717) is 5.75 Å². The molecule has 5 heteroatoms. The number of methoxy groups -OCH3 is 1. The first-order chi connectivity index (χ1) is 11.3. The number of ether oxygens (including phenoxy) is 1. The number of rotatable bonds is 4. The summed E-state index contributed by atoms with van der Waals surface area (Å²) in [6.45, 7) is 0.184. The highest BCUT2D eigenvalue weighted by molar-refractivity contribution is 7.80. The molecule has 1 heterocycles. The van der Waals surface area contributed by atoms with Crippen LogP contribution in [0.25, 0.3) is 22.6 Å². The number of nitrogens with zero attached hydrogens (tertiary/aromatic N) is 1. The first-order valence-electron chi connectivity index (χ1n) is 7.15. The van der Waals surface area contributed by atoms with Crippen LogP contribution in [0, 0.1) is 0 Å². The smallest absolute Gasteiger partial charge is 0.182 e. The molecule has 0 spiro atoms. The Kier molecular flexibility index (Phi) is 6.72. The van der Waals surface area contributed by atoms with Gasteiger partial charge < -0.3 is 14.3 Å². The summed E-state index contributed by atoms with van der Waals surface area (Å²) in [5, 5.41) is 7.80. The Morgan fingerprint density at radius 2 is 1.78 bits per heavy atom. The molecule has 0 aliphatic heterocycles. The minimum atomic E-state index is 0.184. The molecule has 2 aromatic carbocycles. The van der Waals surface area contributed by atoms with Gasteiger partial charge in [0.1, 0.15) is 11.4 Å². The second kappa shape index (κ2) is 9.02. The zero-order chi connectivity index (χ0) is 16.5. The zero-order valence-corrected chi connectivity index (χ0v) is 13.7. The number of aliphatic hydroxyl groups is 1. The predicted molar refractivity (Wildman–Crippen MR) is 94.9 cm³/mol. The lowest BCUT2D eigenvalue weighted by molar-refractivity contribution is 0.323. The van der Waals surface area contributed by atoms with Gasteiger partial charge in [0.15, 0.2) is 12.2 Å². The molecule has 120 valence electrons. The molecule has 0 fully saturated rings. The molecule has 0 saturated heterocycles. The first kappa shape index (κ1) is 17.1. The highest BCUT2D eigenvalue weighted by Crippen LogP contribution is 2.32. The molecule has 23 heavy (non-hydrogen) atoms. The van der Waals surface area contributed by atoms with E-state index in [2.05, 4.69) is 17.6 Å². The molecule has 4 nitrogen and oxygen atoms in total. The van der Waals surface area contributed by atoms with Crippen molar-refractivity contribution in [1.82, 2.24) is 4.98 Å². The van der Waals surface area contributed by atoms with Gasteiger partial charge in [0.2, 0.25) is 0 Å². The third-order valence-electron chi connectivity index (χ3n) is 3.05. The van der Waals surface area contributed by atoms with E-state index in [1.165, 1.54) is 6.39 Å². The molecule has 3 aromatic rings. The quantitative estimate of drug-likeness (QED) is 0.712. The highest BCUT2D eigenvalue weighted by Gasteiger charge is 2.12. The largest absolute Gasteiger partial charge is 0.497 e. The van der Waals surface area contributed by atoms with Crippen molar-refractivity contribution in [2.75, 3.05) is 19.5 Å². The van der Waals surface area contributed by atoms with Gasteiger partial charge in [-0.2, -0.15) is 12.6 Å². The normalized spacial score (nSPS) is 9.87. The number of hydrogen-bond acceptors (Lipinski definition) is 5. The molecule has 0 bridgehead atoms.